The highest BCUT2D eigenvalue weighted by Gasteiger charge is 2.11. The van der Waals surface area contributed by atoms with Crippen molar-refractivity contribution in [2.45, 2.75) is 6.61 Å². The Bertz CT molecular complexity index is 609. The van der Waals surface area contributed by atoms with Crippen molar-refractivity contribution < 1.29 is 9.47 Å². The third-order valence-corrected chi connectivity index (χ3v) is 3.42. The van der Waals surface area contributed by atoms with E-state index in [9.17, 15) is 0 Å². The Labute approximate surface area is 132 Å². The van der Waals surface area contributed by atoms with Crippen LogP contribution in [0, 0.1) is 0 Å². The van der Waals surface area contributed by atoms with Gasteiger partial charge < -0.3 is 15.2 Å². The molecule has 0 aromatic heterocycles. The summed E-state index contributed by atoms with van der Waals surface area (Å²) in [6, 6.07) is 8.45. The van der Waals surface area contributed by atoms with Gasteiger partial charge in [-0.25, -0.2) is 0 Å². The van der Waals surface area contributed by atoms with Crippen molar-refractivity contribution in [3.8, 4) is 11.5 Å². The zero-order valence-corrected chi connectivity index (χ0v) is 12.9. The molecule has 0 amide bonds. The third-order valence-electron chi connectivity index (χ3n) is 2.64. The van der Waals surface area contributed by atoms with Crippen LogP contribution in [0.2, 0.25) is 15.1 Å². The van der Waals surface area contributed by atoms with E-state index < -0.39 is 0 Å². The quantitative estimate of drug-likeness (QED) is 0.817. The second-order valence-electron chi connectivity index (χ2n) is 4.06. The molecule has 0 aliphatic heterocycles. The average Bonchev–Trinajstić information content (AvgIpc) is 2.37. The van der Waals surface area contributed by atoms with Gasteiger partial charge in [-0.05, 0) is 30.3 Å². The lowest BCUT2D eigenvalue weighted by Gasteiger charge is -2.13. The molecule has 0 bridgehead atoms. The summed E-state index contributed by atoms with van der Waals surface area (Å²) in [5.41, 5.74) is 7.17. The maximum absolute atomic E-state index is 6.06. The maximum Gasteiger partial charge on any atom is 0.157 e. The molecule has 3 nitrogen and oxygen atoms in total. The Morgan fingerprint density at radius 1 is 1.05 bits per heavy atom. The standard InChI is InChI=1S/C14H12Cl3NO2/c1-19-13-3-2-10(18)4-8(13)7-20-14-11(16)5-9(15)6-12(14)17/h2-6H,7,18H2,1H3. The highest BCUT2D eigenvalue weighted by Crippen LogP contribution is 2.36. The topological polar surface area (TPSA) is 44.5 Å². The molecule has 0 aliphatic carbocycles. The molecule has 0 spiro atoms. The minimum absolute atomic E-state index is 0.231. The van der Waals surface area contributed by atoms with Gasteiger partial charge in [-0.2, -0.15) is 0 Å². The number of hydrogen-bond acceptors (Lipinski definition) is 3. The maximum atomic E-state index is 6.06. The van der Waals surface area contributed by atoms with Gasteiger partial charge in [0, 0.05) is 16.3 Å². The second kappa shape index (κ2) is 6.44. The molecule has 20 heavy (non-hydrogen) atoms. The molecule has 0 saturated heterocycles. The smallest absolute Gasteiger partial charge is 0.157 e. The van der Waals surface area contributed by atoms with Gasteiger partial charge >= 0.3 is 0 Å². The molecule has 0 unspecified atom stereocenters. The predicted molar refractivity (Wildman–Crippen MR) is 83.2 cm³/mol. The van der Waals surface area contributed by atoms with Crippen LogP contribution in [-0.2, 0) is 6.61 Å². The van der Waals surface area contributed by atoms with Crippen LogP contribution in [0.5, 0.6) is 11.5 Å². The predicted octanol–water partition coefficient (Wildman–Crippen LogP) is 4.82. The van der Waals surface area contributed by atoms with Crippen LogP contribution in [-0.4, -0.2) is 7.11 Å². The first-order chi connectivity index (χ1) is 9.51. The van der Waals surface area contributed by atoms with Crippen LogP contribution < -0.4 is 15.2 Å². The first-order valence-corrected chi connectivity index (χ1v) is 6.84. The summed E-state index contributed by atoms with van der Waals surface area (Å²) in [6.07, 6.45) is 0. The Morgan fingerprint density at radius 2 is 1.70 bits per heavy atom. The number of anilines is 1. The van der Waals surface area contributed by atoms with E-state index in [4.69, 9.17) is 50.0 Å². The monoisotopic (exact) mass is 331 g/mol. The minimum atomic E-state index is 0.231. The van der Waals surface area contributed by atoms with Crippen LogP contribution in [0.25, 0.3) is 0 Å². The van der Waals surface area contributed by atoms with E-state index in [0.717, 1.165) is 5.56 Å². The molecule has 106 valence electrons. The Kier molecular flexibility index (Phi) is 4.86. The van der Waals surface area contributed by atoms with Crippen molar-refractivity contribution in [3.63, 3.8) is 0 Å². The van der Waals surface area contributed by atoms with Gasteiger partial charge in [-0.1, -0.05) is 34.8 Å². The van der Waals surface area contributed by atoms with Crippen molar-refractivity contribution in [2.24, 2.45) is 0 Å². The first kappa shape index (κ1) is 15.1. The number of hydrogen-bond donors (Lipinski definition) is 1. The summed E-state index contributed by atoms with van der Waals surface area (Å²) in [4.78, 5) is 0. The third kappa shape index (κ3) is 3.42. The molecule has 0 heterocycles. The summed E-state index contributed by atoms with van der Waals surface area (Å²) >= 11 is 18.0. The minimum Gasteiger partial charge on any atom is -0.496 e. The highest BCUT2D eigenvalue weighted by molar-refractivity contribution is 6.40. The van der Waals surface area contributed by atoms with Gasteiger partial charge in [0.25, 0.3) is 0 Å². The van der Waals surface area contributed by atoms with Gasteiger partial charge in [-0.3, -0.25) is 0 Å². The number of methoxy groups -OCH3 is 1. The van der Waals surface area contributed by atoms with Crippen LogP contribution in [0.1, 0.15) is 5.56 Å². The molecule has 6 heteroatoms. The van der Waals surface area contributed by atoms with Crippen molar-refractivity contribution in [1.82, 2.24) is 0 Å². The van der Waals surface area contributed by atoms with Gasteiger partial charge in [0.05, 0.1) is 17.2 Å². The number of halogens is 3. The highest BCUT2D eigenvalue weighted by atomic mass is 35.5. The number of benzene rings is 2. The Balaban J connectivity index is 2.23. The molecule has 0 fully saturated rings. The van der Waals surface area contributed by atoms with E-state index >= 15 is 0 Å². The van der Waals surface area contributed by atoms with Gasteiger partial charge in [-0.15, -0.1) is 0 Å². The second-order valence-corrected chi connectivity index (χ2v) is 5.31. The molecule has 2 aromatic rings. The zero-order chi connectivity index (χ0) is 14.7. The largest absolute Gasteiger partial charge is 0.496 e. The van der Waals surface area contributed by atoms with Crippen molar-refractivity contribution in [3.05, 3.63) is 51.0 Å². The summed E-state index contributed by atoms with van der Waals surface area (Å²) < 4.78 is 10.9. The molecule has 2 N–H and O–H groups in total. The van der Waals surface area contributed by atoms with E-state index in [-0.39, 0.29) is 6.61 Å². The summed E-state index contributed by atoms with van der Waals surface area (Å²) in [5.74, 6) is 1.06. The lowest BCUT2D eigenvalue weighted by molar-refractivity contribution is 0.297. The molecule has 0 saturated carbocycles. The van der Waals surface area contributed by atoms with E-state index in [2.05, 4.69) is 0 Å². The lowest BCUT2D eigenvalue weighted by atomic mass is 10.2. The average molecular weight is 333 g/mol. The zero-order valence-electron chi connectivity index (χ0n) is 10.6. The molecule has 0 radical (unpaired) electrons. The van der Waals surface area contributed by atoms with Crippen LogP contribution in [0.3, 0.4) is 0 Å². The van der Waals surface area contributed by atoms with Crippen LogP contribution in [0.4, 0.5) is 5.69 Å². The SMILES string of the molecule is COc1ccc(N)cc1COc1c(Cl)cc(Cl)cc1Cl. The first-order valence-electron chi connectivity index (χ1n) is 5.71. The van der Waals surface area contributed by atoms with Crippen molar-refractivity contribution in [2.75, 3.05) is 12.8 Å². The van der Waals surface area contributed by atoms with E-state index in [1.54, 1.807) is 37.4 Å². The van der Waals surface area contributed by atoms with E-state index in [0.29, 0.717) is 32.3 Å². The van der Waals surface area contributed by atoms with Gasteiger partial charge in [0.15, 0.2) is 5.75 Å². The van der Waals surface area contributed by atoms with E-state index in [1.165, 1.54) is 0 Å². The van der Waals surface area contributed by atoms with Crippen molar-refractivity contribution in [1.29, 1.82) is 0 Å². The molecule has 2 rings (SSSR count). The number of rotatable bonds is 4. The van der Waals surface area contributed by atoms with E-state index in [1.807, 2.05) is 0 Å². The Hall–Kier alpha value is -1.29. The summed E-state index contributed by atoms with van der Waals surface area (Å²) in [7, 11) is 1.58. The Morgan fingerprint density at radius 3 is 2.30 bits per heavy atom. The fraction of sp³-hybridized carbons (Fsp3) is 0.143. The lowest BCUT2D eigenvalue weighted by Crippen LogP contribution is -2.01. The molecular formula is C14H12Cl3NO2. The van der Waals surface area contributed by atoms with Crippen LogP contribution >= 0.6 is 34.8 Å². The van der Waals surface area contributed by atoms with Crippen molar-refractivity contribution >= 4 is 40.5 Å². The normalized spacial score (nSPS) is 10.4. The molecular weight excluding hydrogens is 321 g/mol. The molecule has 0 aliphatic rings. The summed E-state index contributed by atoms with van der Waals surface area (Å²) in [5, 5.41) is 1.16. The molecule has 2 aromatic carbocycles. The number of nitrogens with two attached hydrogens (primary N) is 1. The summed E-state index contributed by atoms with van der Waals surface area (Å²) in [6.45, 7) is 0.231. The fourth-order valence-corrected chi connectivity index (χ4v) is 2.65. The van der Waals surface area contributed by atoms with Gasteiger partial charge in [0.2, 0.25) is 0 Å². The molecule has 0 atom stereocenters. The number of nitrogen functional groups attached to an aromatic ring is 1. The van der Waals surface area contributed by atoms with Crippen LogP contribution in [0.15, 0.2) is 30.3 Å². The van der Waals surface area contributed by atoms with Gasteiger partial charge in [0.1, 0.15) is 12.4 Å². The fourth-order valence-electron chi connectivity index (χ4n) is 1.73. The number of ether oxygens (including phenoxy) is 2.